The fourth-order valence-electron chi connectivity index (χ4n) is 2.55. The van der Waals surface area contributed by atoms with Crippen molar-refractivity contribution < 1.29 is 9.59 Å². The van der Waals surface area contributed by atoms with Gasteiger partial charge in [-0.05, 0) is 54.6 Å². The van der Waals surface area contributed by atoms with Gasteiger partial charge in [-0.3, -0.25) is 9.59 Å². The Balaban J connectivity index is 1.66. The Hall–Kier alpha value is -3.94. The topological polar surface area (TPSA) is 99.2 Å². The largest absolute Gasteiger partial charge is 0.378 e. The van der Waals surface area contributed by atoms with Gasteiger partial charge in [-0.1, -0.05) is 0 Å². The molecule has 0 spiro atoms. The Labute approximate surface area is 169 Å². The summed E-state index contributed by atoms with van der Waals surface area (Å²) < 4.78 is 0. The Morgan fingerprint density at radius 2 is 1.41 bits per heavy atom. The average Bonchev–Trinajstić information content (AvgIpc) is 2.70. The van der Waals surface area contributed by atoms with Gasteiger partial charge in [0.2, 0.25) is 11.9 Å². The van der Waals surface area contributed by atoms with Crippen LogP contribution in [0.2, 0.25) is 0 Å². The summed E-state index contributed by atoms with van der Waals surface area (Å²) in [5, 5.41) is 8.54. The zero-order valence-electron chi connectivity index (χ0n) is 16.4. The van der Waals surface area contributed by atoms with Crippen LogP contribution in [-0.4, -0.2) is 35.9 Å². The number of carbonyl (C=O) groups excluding carboxylic acids is 2. The van der Waals surface area contributed by atoms with Crippen molar-refractivity contribution in [2.24, 2.45) is 0 Å². The lowest BCUT2D eigenvalue weighted by molar-refractivity contribution is -0.114. The van der Waals surface area contributed by atoms with Gasteiger partial charge in [-0.2, -0.15) is 0 Å². The number of rotatable bonds is 6. The van der Waals surface area contributed by atoms with Crippen molar-refractivity contribution in [3.63, 3.8) is 0 Å². The summed E-state index contributed by atoms with van der Waals surface area (Å²) in [6, 6.07) is 16.2. The molecule has 148 valence electrons. The highest BCUT2D eigenvalue weighted by atomic mass is 16.2. The Morgan fingerprint density at radius 1 is 0.828 bits per heavy atom. The lowest BCUT2D eigenvalue weighted by Crippen LogP contribution is -2.15. The van der Waals surface area contributed by atoms with Gasteiger partial charge in [0, 0.05) is 50.0 Å². The minimum Gasteiger partial charge on any atom is -0.378 e. The van der Waals surface area contributed by atoms with E-state index in [0.717, 1.165) is 11.4 Å². The van der Waals surface area contributed by atoms with Crippen LogP contribution in [0, 0.1) is 0 Å². The molecule has 0 saturated heterocycles. The highest BCUT2D eigenvalue weighted by molar-refractivity contribution is 6.03. The van der Waals surface area contributed by atoms with Crippen LogP contribution in [0.1, 0.15) is 17.4 Å². The van der Waals surface area contributed by atoms with Gasteiger partial charge in [0.15, 0.2) is 0 Å². The van der Waals surface area contributed by atoms with Crippen LogP contribution >= 0.6 is 0 Å². The number of amides is 2. The predicted molar refractivity (Wildman–Crippen MR) is 115 cm³/mol. The van der Waals surface area contributed by atoms with Crippen LogP contribution in [-0.2, 0) is 4.79 Å². The molecule has 0 saturated carbocycles. The molecule has 3 aromatic rings. The summed E-state index contributed by atoms with van der Waals surface area (Å²) in [5.74, 6) is -0.180. The van der Waals surface area contributed by atoms with Gasteiger partial charge < -0.3 is 20.9 Å². The molecule has 8 heteroatoms. The second kappa shape index (κ2) is 8.83. The highest BCUT2D eigenvalue weighted by Gasteiger charge is 2.10. The normalized spacial score (nSPS) is 10.2. The monoisotopic (exact) mass is 390 g/mol. The molecule has 2 aromatic carbocycles. The molecule has 0 atom stereocenters. The molecule has 1 aromatic heterocycles. The van der Waals surface area contributed by atoms with Crippen LogP contribution in [0.25, 0.3) is 0 Å². The second-order valence-corrected chi connectivity index (χ2v) is 6.54. The molecule has 8 nitrogen and oxygen atoms in total. The fourth-order valence-corrected chi connectivity index (χ4v) is 2.55. The summed E-state index contributed by atoms with van der Waals surface area (Å²) in [6.07, 6.45) is 1.53. The first-order chi connectivity index (χ1) is 13.9. The number of nitrogens with zero attached hydrogens (tertiary/aromatic N) is 3. The number of hydrogen-bond acceptors (Lipinski definition) is 6. The number of anilines is 5. The number of nitrogens with one attached hydrogen (secondary N) is 3. The predicted octanol–water partition coefficient (Wildman–Crippen LogP) is 3.50. The van der Waals surface area contributed by atoms with Gasteiger partial charge >= 0.3 is 0 Å². The van der Waals surface area contributed by atoms with Crippen molar-refractivity contribution in [1.29, 1.82) is 0 Å². The van der Waals surface area contributed by atoms with E-state index in [4.69, 9.17) is 0 Å². The fraction of sp³-hybridized carbons (Fsp3) is 0.143. The third-order valence-corrected chi connectivity index (χ3v) is 3.99. The summed E-state index contributed by atoms with van der Waals surface area (Å²) in [4.78, 5) is 34.0. The van der Waals surface area contributed by atoms with E-state index in [2.05, 4.69) is 25.9 Å². The maximum Gasteiger partial charge on any atom is 0.274 e. The first kappa shape index (κ1) is 19.8. The van der Waals surface area contributed by atoms with Crippen molar-refractivity contribution in [1.82, 2.24) is 9.97 Å². The number of hydrogen-bond donors (Lipinski definition) is 3. The maximum atomic E-state index is 12.5. The van der Waals surface area contributed by atoms with Gasteiger partial charge in [0.05, 0.1) is 0 Å². The summed E-state index contributed by atoms with van der Waals surface area (Å²) in [7, 11) is 3.95. The van der Waals surface area contributed by atoms with E-state index in [9.17, 15) is 9.59 Å². The van der Waals surface area contributed by atoms with Crippen LogP contribution in [0.5, 0.6) is 0 Å². The van der Waals surface area contributed by atoms with E-state index < -0.39 is 0 Å². The van der Waals surface area contributed by atoms with E-state index in [1.807, 2.05) is 43.3 Å². The summed E-state index contributed by atoms with van der Waals surface area (Å²) in [6.45, 7) is 1.44. The molecule has 0 fully saturated rings. The maximum absolute atomic E-state index is 12.5. The standard InChI is InChI=1S/C21H22N6O2/c1-14(28)23-15-4-6-16(7-5-15)24-20(29)19-12-13-22-21(26-19)25-17-8-10-18(11-9-17)27(2)3/h4-13H,1-3H3,(H,23,28)(H,24,29)(H,22,25,26). The Kier molecular flexibility index (Phi) is 6.03. The summed E-state index contributed by atoms with van der Waals surface area (Å²) in [5.41, 5.74) is 3.38. The summed E-state index contributed by atoms with van der Waals surface area (Å²) >= 11 is 0. The molecule has 0 aliphatic heterocycles. The SMILES string of the molecule is CC(=O)Nc1ccc(NC(=O)c2ccnc(Nc3ccc(N(C)C)cc3)n2)cc1. The molecular weight excluding hydrogens is 368 g/mol. The van der Waals surface area contributed by atoms with Crippen molar-refractivity contribution in [3.8, 4) is 0 Å². The zero-order valence-corrected chi connectivity index (χ0v) is 16.4. The first-order valence-corrected chi connectivity index (χ1v) is 8.97. The zero-order chi connectivity index (χ0) is 20.8. The highest BCUT2D eigenvalue weighted by Crippen LogP contribution is 2.19. The van der Waals surface area contributed by atoms with Crippen LogP contribution < -0.4 is 20.9 Å². The quantitative estimate of drug-likeness (QED) is 0.596. The van der Waals surface area contributed by atoms with Crippen LogP contribution in [0.4, 0.5) is 28.7 Å². The third kappa shape index (κ3) is 5.52. The molecule has 2 amide bonds. The van der Waals surface area contributed by atoms with Crippen molar-refractivity contribution >= 4 is 40.5 Å². The van der Waals surface area contributed by atoms with Gasteiger partial charge in [-0.25, -0.2) is 9.97 Å². The van der Waals surface area contributed by atoms with E-state index >= 15 is 0 Å². The minimum atomic E-state index is -0.356. The van der Waals surface area contributed by atoms with E-state index in [0.29, 0.717) is 17.3 Å². The second-order valence-electron chi connectivity index (χ2n) is 6.54. The molecule has 3 rings (SSSR count). The number of aromatic nitrogens is 2. The first-order valence-electron chi connectivity index (χ1n) is 8.97. The van der Waals surface area contributed by atoms with Crippen molar-refractivity contribution in [2.45, 2.75) is 6.92 Å². The lowest BCUT2D eigenvalue weighted by atomic mass is 10.2. The van der Waals surface area contributed by atoms with Gasteiger partial charge in [0.25, 0.3) is 5.91 Å². The number of benzene rings is 2. The number of carbonyl (C=O) groups is 2. The van der Waals surface area contributed by atoms with Crippen LogP contribution in [0.15, 0.2) is 60.8 Å². The average molecular weight is 390 g/mol. The molecule has 0 aliphatic rings. The third-order valence-electron chi connectivity index (χ3n) is 3.99. The molecule has 0 bridgehead atoms. The Morgan fingerprint density at radius 3 is 2.00 bits per heavy atom. The van der Waals surface area contributed by atoms with Crippen molar-refractivity contribution in [3.05, 3.63) is 66.5 Å². The van der Waals surface area contributed by atoms with E-state index in [1.54, 1.807) is 30.3 Å². The molecule has 0 unspecified atom stereocenters. The molecule has 0 aliphatic carbocycles. The Bertz CT molecular complexity index is 1000. The van der Waals surface area contributed by atoms with Crippen LogP contribution in [0.3, 0.4) is 0 Å². The van der Waals surface area contributed by atoms with Gasteiger partial charge in [-0.15, -0.1) is 0 Å². The molecule has 3 N–H and O–H groups in total. The molecule has 0 radical (unpaired) electrons. The smallest absolute Gasteiger partial charge is 0.274 e. The van der Waals surface area contributed by atoms with E-state index in [1.165, 1.54) is 13.1 Å². The molecular formula is C21H22N6O2. The van der Waals surface area contributed by atoms with Crippen molar-refractivity contribution in [2.75, 3.05) is 34.9 Å². The minimum absolute atomic E-state index is 0.154. The molecule has 1 heterocycles. The lowest BCUT2D eigenvalue weighted by Gasteiger charge is -2.13. The molecule has 29 heavy (non-hydrogen) atoms. The van der Waals surface area contributed by atoms with Gasteiger partial charge in [0.1, 0.15) is 5.69 Å². The van der Waals surface area contributed by atoms with E-state index in [-0.39, 0.29) is 17.5 Å².